The van der Waals surface area contributed by atoms with Crippen LogP contribution >= 0.6 is 0 Å². The van der Waals surface area contributed by atoms with Crippen molar-refractivity contribution in [3.8, 4) is 0 Å². The highest BCUT2D eigenvalue weighted by Crippen LogP contribution is 2.23. The molecule has 1 aliphatic rings. The van der Waals surface area contributed by atoms with Crippen molar-refractivity contribution in [3.63, 3.8) is 0 Å². The molecule has 0 atom stereocenters. The van der Waals surface area contributed by atoms with Gasteiger partial charge in [0.25, 0.3) is 0 Å². The molecule has 1 fully saturated rings. The molecule has 82 valence electrons. The normalized spacial score (nSPS) is 18.9. The van der Waals surface area contributed by atoms with Gasteiger partial charge < -0.3 is 0 Å². The fourth-order valence-corrected chi connectivity index (χ4v) is 1.41. The van der Waals surface area contributed by atoms with E-state index < -0.39 is 23.3 Å². The lowest BCUT2D eigenvalue weighted by Gasteiger charge is -2.29. The fraction of sp³-hybridized carbons (Fsp3) is 0.222. The summed E-state index contributed by atoms with van der Waals surface area (Å²) >= 11 is 0. The van der Waals surface area contributed by atoms with E-state index in [1.807, 2.05) is 10.6 Å². The predicted octanol–water partition coefficient (Wildman–Crippen LogP) is -0.900. The van der Waals surface area contributed by atoms with E-state index in [1.54, 1.807) is 0 Å². The first-order chi connectivity index (χ1) is 7.55. The fourth-order valence-electron chi connectivity index (χ4n) is 1.41. The van der Waals surface area contributed by atoms with Gasteiger partial charge in [-0.05, 0) is 13.0 Å². The Bertz CT molecular complexity index is 451. The summed E-state index contributed by atoms with van der Waals surface area (Å²) in [6.07, 6.45) is 2.65. The second-order valence-corrected chi connectivity index (χ2v) is 3.46. The molecule has 0 spiro atoms. The summed E-state index contributed by atoms with van der Waals surface area (Å²) in [6.45, 7) is 1.40. The number of hydrogen-bond acceptors (Lipinski definition) is 5. The summed E-state index contributed by atoms with van der Waals surface area (Å²) in [4.78, 5) is 41.8. The average molecular weight is 220 g/mol. The molecule has 4 amide bonds. The summed E-state index contributed by atoms with van der Waals surface area (Å²) in [5.41, 5.74) is -1.26. The monoisotopic (exact) mass is 220 g/mol. The van der Waals surface area contributed by atoms with Gasteiger partial charge in [0.1, 0.15) is 6.33 Å². The molecule has 7 nitrogen and oxygen atoms in total. The predicted molar refractivity (Wildman–Crippen MR) is 51.1 cm³/mol. The lowest BCUT2D eigenvalue weighted by molar-refractivity contribution is -0.137. The van der Waals surface area contributed by atoms with Crippen molar-refractivity contribution in [2.75, 3.05) is 0 Å². The Hall–Kier alpha value is -2.31. The van der Waals surface area contributed by atoms with E-state index >= 15 is 0 Å². The van der Waals surface area contributed by atoms with E-state index in [1.165, 1.54) is 25.5 Å². The molecule has 2 heterocycles. The van der Waals surface area contributed by atoms with Crippen LogP contribution in [0, 0.1) is 0 Å². The maximum Gasteiger partial charge on any atom is 0.328 e. The van der Waals surface area contributed by atoms with Crippen LogP contribution in [0.5, 0.6) is 0 Å². The zero-order valence-corrected chi connectivity index (χ0v) is 8.35. The lowest BCUT2D eigenvalue weighted by Crippen LogP contribution is -2.63. The number of rotatable bonds is 1. The zero-order chi connectivity index (χ0) is 11.8. The van der Waals surface area contributed by atoms with Crippen molar-refractivity contribution in [3.05, 3.63) is 24.3 Å². The van der Waals surface area contributed by atoms with Crippen molar-refractivity contribution in [1.82, 2.24) is 20.6 Å². The van der Waals surface area contributed by atoms with Crippen LogP contribution in [0.1, 0.15) is 12.6 Å². The molecular formula is C9H8N4O3. The van der Waals surface area contributed by atoms with E-state index in [2.05, 4.69) is 9.97 Å². The van der Waals surface area contributed by atoms with Crippen LogP contribution in [0.15, 0.2) is 18.6 Å². The van der Waals surface area contributed by atoms with Gasteiger partial charge in [-0.3, -0.25) is 20.2 Å². The Balaban J connectivity index is 2.48. The van der Waals surface area contributed by atoms with Crippen molar-refractivity contribution in [2.24, 2.45) is 0 Å². The molecule has 1 aromatic rings. The van der Waals surface area contributed by atoms with Gasteiger partial charge >= 0.3 is 6.03 Å². The van der Waals surface area contributed by atoms with Crippen molar-refractivity contribution < 1.29 is 14.4 Å². The Labute approximate surface area is 90.3 Å². The molecule has 0 saturated carbocycles. The standard InChI is InChI=1S/C9H8N4O3/c1-9(5-2-3-10-4-11-5)6(14)12-8(16)13-7(9)15/h2-4H,1H3,(H2,12,13,14,15,16). The zero-order valence-electron chi connectivity index (χ0n) is 8.35. The smallest absolute Gasteiger partial charge is 0.276 e. The molecule has 2 N–H and O–H groups in total. The summed E-state index contributed by atoms with van der Waals surface area (Å²) in [5.74, 6) is -1.39. The molecule has 16 heavy (non-hydrogen) atoms. The number of barbiturate groups is 1. The topological polar surface area (TPSA) is 101 Å². The summed E-state index contributed by atoms with van der Waals surface area (Å²) in [7, 11) is 0. The maximum absolute atomic E-state index is 11.7. The molecule has 0 bridgehead atoms. The van der Waals surface area contributed by atoms with Crippen LogP contribution in [0.2, 0.25) is 0 Å². The first-order valence-corrected chi connectivity index (χ1v) is 4.48. The number of nitrogens with one attached hydrogen (secondary N) is 2. The Morgan fingerprint density at radius 3 is 2.31 bits per heavy atom. The minimum Gasteiger partial charge on any atom is -0.276 e. The first-order valence-electron chi connectivity index (χ1n) is 4.48. The largest absolute Gasteiger partial charge is 0.328 e. The number of amides is 4. The molecule has 7 heteroatoms. The minimum absolute atomic E-state index is 0.241. The van der Waals surface area contributed by atoms with Gasteiger partial charge in [-0.15, -0.1) is 0 Å². The molecule has 0 aromatic carbocycles. The minimum atomic E-state index is -1.50. The quantitative estimate of drug-likeness (QED) is 0.597. The van der Waals surface area contributed by atoms with E-state index in [4.69, 9.17) is 0 Å². The highest BCUT2D eigenvalue weighted by atomic mass is 16.2. The second kappa shape index (κ2) is 3.37. The van der Waals surface area contributed by atoms with Crippen LogP contribution in [-0.4, -0.2) is 27.8 Å². The van der Waals surface area contributed by atoms with Crippen molar-refractivity contribution in [2.45, 2.75) is 12.3 Å². The summed E-state index contributed by atoms with van der Waals surface area (Å²) in [6, 6.07) is 0.635. The molecule has 0 aliphatic carbocycles. The second-order valence-electron chi connectivity index (χ2n) is 3.46. The highest BCUT2D eigenvalue weighted by molar-refractivity contribution is 6.22. The van der Waals surface area contributed by atoms with Gasteiger partial charge in [-0.2, -0.15) is 0 Å². The molecule has 0 unspecified atom stereocenters. The van der Waals surface area contributed by atoms with E-state index in [0.717, 1.165) is 0 Å². The van der Waals surface area contributed by atoms with E-state index in [-0.39, 0.29) is 5.69 Å². The number of hydrogen-bond donors (Lipinski definition) is 2. The van der Waals surface area contributed by atoms with Crippen LogP contribution < -0.4 is 10.6 Å². The molecule has 1 aliphatic heterocycles. The molecule has 2 rings (SSSR count). The van der Waals surface area contributed by atoms with E-state index in [9.17, 15) is 14.4 Å². The maximum atomic E-state index is 11.7. The number of aromatic nitrogens is 2. The first kappa shape index (κ1) is 10.2. The SMILES string of the molecule is CC1(c2ccncn2)C(=O)NC(=O)NC1=O. The summed E-state index contributed by atoms with van der Waals surface area (Å²) in [5, 5.41) is 4.06. The van der Waals surface area contributed by atoms with Crippen molar-refractivity contribution >= 4 is 17.8 Å². The average Bonchev–Trinajstić information content (AvgIpc) is 2.27. The lowest BCUT2D eigenvalue weighted by atomic mass is 9.83. The molecule has 1 aromatic heterocycles. The van der Waals surface area contributed by atoms with Gasteiger partial charge in [-0.1, -0.05) is 0 Å². The van der Waals surface area contributed by atoms with Gasteiger partial charge in [0, 0.05) is 6.20 Å². The summed E-state index contributed by atoms with van der Waals surface area (Å²) < 4.78 is 0. The molecule has 0 radical (unpaired) electrons. The number of urea groups is 1. The van der Waals surface area contributed by atoms with E-state index in [0.29, 0.717) is 0 Å². The number of imide groups is 2. The molecular weight excluding hydrogens is 212 g/mol. The highest BCUT2D eigenvalue weighted by Gasteiger charge is 2.48. The van der Waals surface area contributed by atoms with Crippen LogP contribution in [0.3, 0.4) is 0 Å². The molecule has 1 saturated heterocycles. The Morgan fingerprint density at radius 1 is 1.19 bits per heavy atom. The van der Waals surface area contributed by atoms with Gasteiger partial charge in [-0.25, -0.2) is 14.8 Å². The number of nitrogens with zero attached hydrogens (tertiary/aromatic N) is 2. The third-order valence-corrected chi connectivity index (χ3v) is 2.46. The van der Waals surface area contributed by atoms with Crippen LogP contribution in [0.25, 0.3) is 0 Å². The van der Waals surface area contributed by atoms with Gasteiger partial charge in [0.2, 0.25) is 11.8 Å². The third kappa shape index (κ3) is 1.33. The van der Waals surface area contributed by atoms with Crippen LogP contribution in [-0.2, 0) is 15.0 Å². The number of carbonyl (C=O) groups is 3. The Kier molecular flexibility index (Phi) is 2.15. The third-order valence-electron chi connectivity index (χ3n) is 2.46. The number of carbonyl (C=O) groups excluding carboxylic acids is 3. The van der Waals surface area contributed by atoms with Crippen molar-refractivity contribution in [1.29, 1.82) is 0 Å². The Morgan fingerprint density at radius 2 is 1.81 bits per heavy atom. The van der Waals surface area contributed by atoms with Crippen LogP contribution in [0.4, 0.5) is 4.79 Å². The van der Waals surface area contributed by atoms with Gasteiger partial charge in [0.05, 0.1) is 5.69 Å². The van der Waals surface area contributed by atoms with Gasteiger partial charge in [0.15, 0.2) is 5.41 Å².